The van der Waals surface area contributed by atoms with E-state index in [1.54, 1.807) is 6.21 Å². The second-order valence-corrected chi connectivity index (χ2v) is 3.66. The number of aliphatic imine (C=N–C) groups is 1. The third-order valence-corrected chi connectivity index (χ3v) is 2.23. The highest BCUT2D eigenvalue weighted by Gasteiger charge is 2.00. The molecule has 0 saturated carbocycles. The summed E-state index contributed by atoms with van der Waals surface area (Å²) in [6, 6.07) is 7.99. The summed E-state index contributed by atoms with van der Waals surface area (Å²) in [5.74, 6) is 0. The van der Waals surface area contributed by atoms with E-state index in [4.69, 9.17) is 5.26 Å². The van der Waals surface area contributed by atoms with Crippen LogP contribution in [0.2, 0.25) is 0 Å². The Labute approximate surface area is 96.3 Å². The molecule has 0 atom stereocenters. The molecule has 0 saturated heterocycles. The van der Waals surface area contributed by atoms with Gasteiger partial charge in [0.05, 0.1) is 0 Å². The average molecular weight is 210 g/mol. The fraction of sp³-hybridized carbons (Fsp3) is 0.143. The van der Waals surface area contributed by atoms with Crippen molar-refractivity contribution in [2.24, 2.45) is 4.99 Å². The Morgan fingerprint density at radius 1 is 1.38 bits per heavy atom. The molecule has 0 aliphatic carbocycles. The van der Waals surface area contributed by atoms with Gasteiger partial charge in [0.15, 0.2) is 0 Å². The molecule has 0 aliphatic rings. The van der Waals surface area contributed by atoms with Crippen LogP contribution in [0.4, 0.5) is 0 Å². The van der Waals surface area contributed by atoms with Crippen LogP contribution in [-0.4, -0.2) is 6.21 Å². The first-order chi connectivity index (χ1) is 7.54. The molecule has 1 rings (SSSR count). The smallest absolute Gasteiger partial charge is 0.133 e. The van der Waals surface area contributed by atoms with Gasteiger partial charge in [-0.05, 0) is 30.5 Å². The van der Waals surface area contributed by atoms with Gasteiger partial charge in [0.1, 0.15) is 11.8 Å². The first kappa shape index (κ1) is 11.9. The van der Waals surface area contributed by atoms with Crippen molar-refractivity contribution >= 4 is 11.8 Å². The number of benzene rings is 1. The number of allylic oxidation sites excluding steroid dienone is 2. The van der Waals surface area contributed by atoms with Gasteiger partial charge in [0.2, 0.25) is 0 Å². The predicted octanol–water partition coefficient (Wildman–Crippen LogP) is 3.42. The van der Waals surface area contributed by atoms with E-state index in [-0.39, 0.29) is 5.70 Å². The highest BCUT2D eigenvalue weighted by atomic mass is 14.7. The van der Waals surface area contributed by atoms with E-state index in [1.165, 1.54) is 5.56 Å². The molecule has 80 valence electrons. The monoisotopic (exact) mass is 210 g/mol. The van der Waals surface area contributed by atoms with E-state index in [9.17, 15) is 0 Å². The molecule has 0 radical (unpaired) electrons. The van der Waals surface area contributed by atoms with Crippen LogP contribution < -0.4 is 0 Å². The number of nitrogens with zero attached hydrogens (tertiary/aromatic N) is 2. The van der Waals surface area contributed by atoms with Crippen LogP contribution in [0.5, 0.6) is 0 Å². The molecule has 0 aliphatic heterocycles. The molecule has 2 nitrogen and oxygen atoms in total. The number of hydrogen-bond donors (Lipinski definition) is 0. The normalized spacial score (nSPS) is 10.1. The first-order valence-corrected chi connectivity index (χ1v) is 4.94. The third kappa shape index (κ3) is 2.93. The summed E-state index contributed by atoms with van der Waals surface area (Å²) in [7, 11) is 0. The Morgan fingerprint density at radius 3 is 2.62 bits per heavy atom. The number of rotatable bonds is 3. The van der Waals surface area contributed by atoms with Crippen molar-refractivity contribution in [1.29, 1.82) is 5.26 Å². The van der Waals surface area contributed by atoms with Gasteiger partial charge < -0.3 is 0 Å². The number of hydrogen-bond acceptors (Lipinski definition) is 2. The van der Waals surface area contributed by atoms with Crippen molar-refractivity contribution in [1.82, 2.24) is 0 Å². The Morgan fingerprint density at radius 2 is 2.06 bits per heavy atom. The van der Waals surface area contributed by atoms with Crippen LogP contribution in [0, 0.1) is 25.2 Å². The highest BCUT2D eigenvalue weighted by Crippen LogP contribution is 2.17. The minimum atomic E-state index is 0.186. The summed E-state index contributed by atoms with van der Waals surface area (Å²) in [4.78, 5) is 3.90. The fourth-order valence-electron chi connectivity index (χ4n) is 1.43. The molecule has 0 bridgehead atoms. The molecular weight excluding hydrogens is 196 g/mol. The second kappa shape index (κ2) is 5.09. The summed E-state index contributed by atoms with van der Waals surface area (Å²) >= 11 is 0. The van der Waals surface area contributed by atoms with Crippen molar-refractivity contribution in [3.8, 4) is 6.07 Å². The zero-order chi connectivity index (χ0) is 12.1. The highest BCUT2D eigenvalue weighted by molar-refractivity contribution is 6.09. The maximum atomic E-state index is 8.52. The van der Waals surface area contributed by atoms with Crippen LogP contribution in [0.25, 0.3) is 5.57 Å². The largest absolute Gasteiger partial charge is 0.246 e. The molecule has 0 unspecified atom stereocenters. The molecule has 0 spiro atoms. The predicted molar refractivity (Wildman–Crippen MR) is 68.2 cm³/mol. The number of nitriles is 1. The topological polar surface area (TPSA) is 36.1 Å². The van der Waals surface area contributed by atoms with Gasteiger partial charge in [0, 0.05) is 6.21 Å². The Kier molecular flexibility index (Phi) is 3.79. The van der Waals surface area contributed by atoms with Crippen LogP contribution in [0.15, 0.2) is 42.0 Å². The van der Waals surface area contributed by atoms with Crippen LogP contribution in [0.1, 0.15) is 16.7 Å². The molecule has 0 N–H and O–H groups in total. The summed E-state index contributed by atoms with van der Waals surface area (Å²) in [6.45, 7) is 11.5. The summed E-state index contributed by atoms with van der Waals surface area (Å²) < 4.78 is 0. The second-order valence-electron chi connectivity index (χ2n) is 3.66. The van der Waals surface area contributed by atoms with Crippen molar-refractivity contribution in [3.63, 3.8) is 0 Å². The van der Waals surface area contributed by atoms with Crippen molar-refractivity contribution < 1.29 is 0 Å². The maximum absolute atomic E-state index is 8.52. The van der Waals surface area contributed by atoms with E-state index in [0.29, 0.717) is 0 Å². The molecule has 1 aromatic carbocycles. The quantitative estimate of drug-likeness (QED) is 0.556. The molecular formula is C14H14N2. The zero-order valence-corrected chi connectivity index (χ0v) is 9.62. The summed E-state index contributed by atoms with van der Waals surface area (Å²) in [5.41, 5.74) is 4.38. The standard InChI is InChI=1S/C14H14N2/c1-10-5-6-14(11(2)7-10)12(3)9-16-13(4)8-15/h5-7,9H,3-4H2,1-2H3. The van der Waals surface area contributed by atoms with Crippen LogP contribution in [0.3, 0.4) is 0 Å². The van der Waals surface area contributed by atoms with E-state index in [0.717, 1.165) is 16.7 Å². The lowest BCUT2D eigenvalue weighted by Crippen LogP contribution is -1.90. The summed E-state index contributed by atoms with van der Waals surface area (Å²) in [5, 5.41) is 8.52. The third-order valence-electron chi connectivity index (χ3n) is 2.23. The zero-order valence-electron chi connectivity index (χ0n) is 9.62. The van der Waals surface area contributed by atoms with Gasteiger partial charge in [-0.15, -0.1) is 0 Å². The Hall–Kier alpha value is -2.14. The Bertz CT molecular complexity index is 502. The van der Waals surface area contributed by atoms with Gasteiger partial charge in [-0.3, -0.25) is 0 Å². The van der Waals surface area contributed by atoms with Gasteiger partial charge in [0.25, 0.3) is 0 Å². The molecule has 0 amide bonds. The summed E-state index contributed by atoms with van der Waals surface area (Å²) in [6.07, 6.45) is 1.57. The van der Waals surface area contributed by atoms with E-state index in [1.807, 2.05) is 32.0 Å². The minimum absolute atomic E-state index is 0.186. The average Bonchev–Trinajstić information content (AvgIpc) is 2.25. The van der Waals surface area contributed by atoms with Gasteiger partial charge in [-0.2, -0.15) is 5.26 Å². The van der Waals surface area contributed by atoms with Gasteiger partial charge >= 0.3 is 0 Å². The van der Waals surface area contributed by atoms with E-state index >= 15 is 0 Å². The van der Waals surface area contributed by atoms with E-state index in [2.05, 4.69) is 24.2 Å². The lowest BCUT2D eigenvalue weighted by molar-refractivity contribution is 1.36. The minimum Gasteiger partial charge on any atom is -0.246 e. The first-order valence-electron chi connectivity index (χ1n) is 4.94. The molecule has 2 heteroatoms. The van der Waals surface area contributed by atoms with Gasteiger partial charge in [-0.25, -0.2) is 4.99 Å². The van der Waals surface area contributed by atoms with E-state index < -0.39 is 0 Å². The lowest BCUT2D eigenvalue weighted by atomic mass is 10.0. The fourth-order valence-corrected chi connectivity index (χ4v) is 1.43. The molecule has 0 fully saturated rings. The Balaban J connectivity index is 2.94. The van der Waals surface area contributed by atoms with Crippen LogP contribution in [-0.2, 0) is 0 Å². The van der Waals surface area contributed by atoms with Gasteiger partial charge in [-0.1, -0.05) is 36.9 Å². The maximum Gasteiger partial charge on any atom is 0.133 e. The molecule has 1 aromatic rings. The van der Waals surface area contributed by atoms with Crippen molar-refractivity contribution in [3.05, 3.63) is 53.7 Å². The number of aryl methyl sites for hydroxylation is 2. The molecule has 0 heterocycles. The molecule has 16 heavy (non-hydrogen) atoms. The molecule has 0 aromatic heterocycles. The SMILES string of the molecule is C=C(C#N)N=CC(=C)c1ccc(C)cc1C. The van der Waals surface area contributed by atoms with Crippen LogP contribution >= 0.6 is 0 Å². The van der Waals surface area contributed by atoms with Crippen molar-refractivity contribution in [2.75, 3.05) is 0 Å². The lowest BCUT2D eigenvalue weighted by Gasteiger charge is -2.05. The van der Waals surface area contributed by atoms with Crippen molar-refractivity contribution in [2.45, 2.75) is 13.8 Å².